The third-order valence-corrected chi connectivity index (χ3v) is 6.18. The van der Waals surface area contributed by atoms with Crippen molar-refractivity contribution in [2.24, 2.45) is 5.92 Å². The van der Waals surface area contributed by atoms with Crippen LogP contribution in [-0.2, 0) is 20.9 Å². The van der Waals surface area contributed by atoms with Gasteiger partial charge < -0.3 is 26.0 Å². The fraction of sp³-hybridized carbons (Fsp3) is 0.640. The molecular formula is C25H42N4O4S. The van der Waals surface area contributed by atoms with Gasteiger partial charge in [-0.1, -0.05) is 44.2 Å². The number of nitrogens with zero attached hydrogens (tertiary/aromatic N) is 1. The van der Waals surface area contributed by atoms with E-state index >= 15 is 0 Å². The fourth-order valence-electron chi connectivity index (χ4n) is 3.48. The summed E-state index contributed by atoms with van der Waals surface area (Å²) in [6.07, 6.45) is 4.50. The summed E-state index contributed by atoms with van der Waals surface area (Å²) >= 11 is 1.66. The molecule has 1 aromatic rings. The standard InChI is InChI=1S/C25H42N4O4S/c1-18(2)22(24(31)27-21(25(32)33)13-9-10-15-29(3)4)28-23(30)20(14-16-34-5)26-17-19-11-7-6-8-12-19/h6-8,11-12,18,20-22,26H,9-10,13-17H2,1-5H3,(H,27,31)(H,28,30)(H,32,33)/t20-,21-,22-/m0/s1. The number of amides is 2. The van der Waals surface area contributed by atoms with Crippen molar-refractivity contribution in [3.8, 4) is 0 Å². The van der Waals surface area contributed by atoms with Crippen molar-refractivity contribution in [2.45, 2.75) is 64.2 Å². The molecule has 3 atom stereocenters. The van der Waals surface area contributed by atoms with Gasteiger partial charge in [-0.05, 0) is 69.8 Å². The van der Waals surface area contributed by atoms with Crippen LogP contribution in [0.5, 0.6) is 0 Å². The Balaban J connectivity index is 2.77. The van der Waals surface area contributed by atoms with E-state index in [-0.39, 0.29) is 11.8 Å². The van der Waals surface area contributed by atoms with Crippen LogP contribution in [-0.4, -0.2) is 78.6 Å². The summed E-state index contributed by atoms with van der Waals surface area (Å²) < 4.78 is 0. The molecule has 0 unspecified atom stereocenters. The number of carbonyl (C=O) groups excluding carboxylic acids is 2. The maximum absolute atomic E-state index is 13.1. The normalized spacial score (nSPS) is 14.0. The highest BCUT2D eigenvalue weighted by molar-refractivity contribution is 7.98. The van der Waals surface area contributed by atoms with Gasteiger partial charge >= 0.3 is 5.97 Å². The van der Waals surface area contributed by atoms with Gasteiger partial charge in [0.1, 0.15) is 12.1 Å². The predicted molar refractivity (Wildman–Crippen MR) is 139 cm³/mol. The van der Waals surface area contributed by atoms with Gasteiger partial charge in [-0.25, -0.2) is 4.79 Å². The van der Waals surface area contributed by atoms with Crippen LogP contribution in [0.15, 0.2) is 30.3 Å². The van der Waals surface area contributed by atoms with Gasteiger partial charge in [-0.15, -0.1) is 0 Å². The SMILES string of the molecule is CSCC[C@H](NCc1ccccc1)C(=O)N[C@H](C(=O)N[C@@H](CCCCN(C)C)C(=O)O)C(C)C. The number of thioether (sulfide) groups is 1. The van der Waals surface area contributed by atoms with Crippen LogP contribution in [0, 0.1) is 5.92 Å². The molecule has 0 bridgehead atoms. The lowest BCUT2D eigenvalue weighted by Gasteiger charge is -2.26. The number of carboxylic acids is 1. The first-order valence-corrected chi connectivity index (χ1v) is 13.3. The van der Waals surface area contributed by atoms with Gasteiger partial charge in [0, 0.05) is 6.54 Å². The van der Waals surface area contributed by atoms with E-state index in [1.807, 2.05) is 69.4 Å². The monoisotopic (exact) mass is 494 g/mol. The maximum Gasteiger partial charge on any atom is 0.326 e. The molecule has 1 rings (SSSR count). The first-order chi connectivity index (χ1) is 16.1. The number of rotatable bonds is 17. The van der Waals surface area contributed by atoms with Crippen LogP contribution in [0.4, 0.5) is 0 Å². The number of hydrogen-bond donors (Lipinski definition) is 4. The van der Waals surface area contributed by atoms with E-state index in [0.717, 1.165) is 24.3 Å². The number of unbranched alkanes of at least 4 members (excludes halogenated alkanes) is 1. The van der Waals surface area contributed by atoms with Crippen molar-refractivity contribution in [1.82, 2.24) is 20.9 Å². The molecule has 0 radical (unpaired) electrons. The van der Waals surface area contributed by atoms with Gasteiger partial charge in [0.15, 0.2) is 0 Å². The minimum absolute atomic E-state index is 0.192. The number of hydrogen-bond acceptors (Lipinski definition) is 6. The minimum Gasteiger partial charge on any atom is -0.480 e. The fourth-order valence-corrected chi connectivity index (χ4v) is 3.95. The molecule has 0 saturated heterocycles. The Kier molecular flexibility index (Phi) is 14.5. The molecule has 0 aliphatic carbocycles. The van der Waals surface area contributed by atoms with E-state index in [2.05, 4.69) is 16.0 Å². The van der Waals surface area contributed by atoms with Gasteiger partial charge in [-0.2, -0.15) is 11.8 Å². The Morgan fingerprint density at radius 2 is 1.65 bits per heavy atom. The van der Waals surface area contributed by atoms with E-state index in [1.165, 1.54) is 0 Å². The average molecular weight is 495 g/mol. The van der Waals surface area contributed by atoms with Crippen LogP contribution in [0.2, 0.25) is 0 Å². The number of aliphatic carboxylic acids is 1. The van der Waals surface area contributed by atoms with Crippen molar-refractivity contribution in [1.29, 1.82) is 0 Å². The highest BCUT2D eigenvalue weighted by Gasteiger charge is 2.30. The molecule has 0 aliphatic heterocycles. The lowest BCUT2D eigenvalue weighted by atomic mass is 10.0. The molecule has 2 amide bonds. The summed E-state index contributed by atoms with van der Waals surface area (Å²) in [6.45, 7) is 5.08. The summed E-state index contributed by atoms with van der Waals surface area (Å²) in [7, 11) is 3.93. The van der Waals surface area contributed by atoms with E-state index in [1.54, 1.807) is 11.8 Å². The largest absolute Gasteiger partial charge is 0.480 e. The maximum atomic E-state index is 13.1. The molecule has 192 valence electrons. The summed E-state index contributed by atoms with van der Waals surface area (Å²) in [6, 6.07) is 7.58. The Bertz CT molecular complexity index is 746. The Morgan fingerprint density at radius 3 is 2.21 bits per heavy atom. The van der Waals surface area contributed by atoms with Crippen LogP contribution in [0.1, 0.15) is 45.1 Å². The van der Waals surface area contributed by atoms with Crippen molar-refractivity contribution in [2.75, 3.05) is 32.6 Å². The van der Waals surface area contributed by atoms with Gasteiger partial charge in [0.2, 0.25) is 11.8 Å². The van der Waals surface area contributed by atoms with Crippen LogP contribution < -0.4 is 16.0 Å². The topological polar surface area (TPSA) is 111 Å². The lowest BCUT2D eigenvalue weighted by molar-refractivity contribution is -0.142. The zero-order chi connectivity index (χ0) is 25.5. The van der Waals surface area contributed by atoms with Crippen molar-refractivity contribution >= 4 is 29.5 Å². The molecule has 0 fully saturated rings. The molecular weight excluding hydrogens is 452 g/mol. The zero-order valence-corrected chi connectivity index (χ0v) is 22.0. The third-order valence-electron chi connectivity index (χ3n) is 5.53. The third kappa shape index (κ3) is 11.9. The second kappa shape index (κ2) is 16.5. The first-order valence-electron chi connectivity index (χ1n) is 11.9. The molecule has 0 aliphatic rings. The summed E-state index contributed by atoms with van der Waals surface area (Å²) in [5.41, 5.74) is 1.07. The number of carbonyl (C=O) groups is 3. The Hall–Kier alpha value is -2.10. The average Bonchev–Trinajstić information content (AvgIpc) is 2.79. The molecule has 34 heavy (non-hydrogen) atoms. The smallest absolute Gasteiger partial charge is 0.326 e. The second-order valence-corrected chi connectivity index (χ2v) is 10.1. The van der Waals surface area contributed by atoms with E-state index in [0.29, 0.717) is 25.8 Å². The zero-order valence-electron chi connectivity index (χ0n) is 21.2. The summed E-state index contributed by atoms with van der Waals surface area (Å²) in [5, 5.41) is 18.4. The van der Waals surface area contributed by atoms with E-state index < -0.39 is 30.0 Å². The van der Waals surface area contributed by atoms with Gasteiger partial charge in [0.05, 0.1) is 6.04 Å². The van der Waals surface area contributed by atoms with Crippen molar-refractivity contribution in [3.05, 3.63) is 35.9 Å². The predicted octanol–water partition coefficient (Wildman–Crippen LogP) is 2.34. The Labute approximate surface area is 208 Å². The summed E-state index contributed by atoms with van der Waals surface area (Å²) in [4.78, 5) is 39.8. The molecule has 0 heterocycles. The van der Waals surface area contributed by atoms with Crippen LogP contribution in [0.25, 0.3) is 0 Å². The van der Waals surface area contributed by atoms with Gasteiger partial charge in [-0.3, -0.25) is 9.59 Å². The van der Waals surface area contributed by atoms with E-state index in [9.17, 15) is 19.5 Å². The molecule has 9 heteroatoms. The second-order valence-electron chi connectivity index (χ2n) is 9.13. The molecule has 0 saturated carbocycles. The van der Waals surface area contributed by atoms with Crippen LogP contribution in [0.3, 0.4) is 0 Å². The highest BCUT2D eigenvalue weighted by Crippen LogP contribution is 2.09. The quantitative estimate of drug-likeness (QED) is 0.246. The molecule has 1 aromatic carbocycles. The number of benzene rings is 1. The first kappa shape index (κ1) is 29.9. The molecule has 8 nitrogen and oxygen atoms in total. The number of nitrogens with one attached hydrogen (secondary N) is 3. The molecule has 4 N–H and O–H groups in total. The lowest BCUT2D eigenvalue weighted by Crippen LogP contribution is -2.57. The van der Waals surface area contributed by atoms with Gasteiger partial charge in [0.25, 0.3) is 0 Å². The minimum atomic E-state index is -1.06. The van der Waals surface area contributed by atoms with Crippen molar-refractivity contribution < 1.29 is 19.5 Å². The van der Waals surface area contributed by atoms with E-state index in [4.69, 9.17) is 0 Å². The Morgan fingerprint density at radius 1 is 0.971 bits per heavy atom. The van der Waals surface area contributed by atoms with Crippen LogP contribution >= 0.6 is 11.8 Å². The number of carboxylic acid groups (broad SMARTS) is 1. The van der Waals surface area contributed by atoms with Crippen molar-refractivity contribution in [3.63, 3.8) is 0 Å². The molecule has 0 aromatic heterocycles. The summed E-state index contributed by atoms with van der Waals surface area (Å²) in [5.74, 6) is -1.17. The molecule has 0 spiro atoms. The highest BCUT2D eigenvalue weighted by atomic mass is 32.2.